The highest BCUT2D eigenvalue weighted by molar-refractivity contribution is 14.0. The Morgan fingerprint density at radius 1 is 1.21 bits per heavy atom. The maximum absolute atomic E-state index is 12.3. The number of benzene rings is 1. The topological polar surface area (TPSA) is 58.1 Å². The SMILES string of the molecule is CCNC(=NCCCN(C)CC(F)(F)F)NCCc1ccc2c(c1)OCO2.I. The lowest BCUT2D eigenvalue weighted by Crippen LogP contribution is -2.38. The van der Waals surface area contributed by atoms with Gasteiger partial charge in [0.05, 0.1) is 6.54 Å². The van der Waals surface area contributed by atoms with Gasteiger partial charge in [0.1, 0.15) is 0 Å². The summed E-state index contributed by atoms with van der Waals surface area (Å²) >= 11 is 0. The first-order valence-electron chi connectivity index (χ1n) is 9.03. The van der Waals surface area contributed by atoms with E-state index in [1.54, 1.807) is 0 Å². The van der Waals surface area contributed by atoms with E-state index in [1.165, 1.54) is 11.9 Å². The van der Waals surface area contributed by atoms with E-state index in [0.717, 1.165) is 23.5 Å². The van der Waals surface area contributed by atoms with Crippen molar-refractivity contribution in [3.8, 4) is 11.5 Å². The zero-order valence-corrected chi connectivity index (χ0v) is 18.5. The van der Waals surface area contributed by atoms with Crippen LogP contribution in [-0.2, 0) is 6.42 Å². The van der Waals surface area contributed by atoms with E-state index in [1.807, 2.05) is 25.1 Å². The van der Waals surface area contributed by atoms with Crippen LogP contribution in [0.15, 0.2) is 23.2 Å². The first-order valence-corrected chi connectivity index (χ1v) is 9.03. The molecule has 0 aromatic heterocycles. The van der Waals surface area contributed by atoms with E-state index < -0.39 is 12.7 Å². The molecule has 2 N–H and O–H groups in total. The van der Waals surface area contributed by atoms with Gasteiger partial charge in [-0.1, -0.05) is 6.07 Å². The molecule has 1 aromatic carbocycles. The molecule has 160 valence electrons. The van der Waals surface area contributed by atoms with Crippen molar-refractivity contribution in [3.63, 3.8) is 0 Å². The van der Waals surface area contributed by atoms with Gasteiger partial charge in [0, 0.05) is 19.6 Å². The van der Waals surface area contributed by atoms with E-state index >= 15 is 0 Å². The molecule has 1 aromatic rings. The molecule has 10 heteroatoms. The fourth-order valence-corrected chi connectivity index (χ4v) is 2.68. The van der Waals surface area contributed by atoms with Crippen molar-refractivity contribution in [1.82, 2.24) is 15.5 Å². The van der Waals surface area contributed by atoms with Crippen LogP contribution in [0.2, 0.25) is 0 Å². The Hall–Kier alpha value is -1.43. The highest BCUT2D eigenvalue weighted by atomic mass is 127. The van der Waals surface area contributed by atoms with Crippen molar-refractivity contribution in [3.05, 3.63) is 23.8 Å². The number of nitrogens with one attached hydrogen (secondary N) is 2. The van der Waals surface area contributed by atoms with E-state index in [0.29, 0.717) is 38.6 Å². The molecule has 1 aliphatic rings. The summed E-state index contributed by atoms with van der Waals surface area (Å²) in [6, 6.07) is 5.86. The maximum Gasteiger partial charge on any atom is 0.401 e. The van der Waals surface area contributed by atoms with Crippen LogP contribution in [0.3, 0.4) is 0 Å². The second kappa shape index (κ2) is 12.2. The van der Waals surface area contributed by atoms with Gasteiger partial charge in [0.15, 0.2) is 17.5 Å². The van der Waals surface area contributed by atoms with E-state index in [-0.39, 0.29) is 30.8 Å². The van der Waals surface area contributed by atoms with Crippen LogP contribution in [-0.4, -0.2) is 63.6 Å². The summed E-state index contributed by atoms with van der Waals surface area (Å²) in [5, 5.41) is 6.37. The second-order valence-electron chi connectivity index (χ2n) is 6.33. The Balaban J connectivity index is 0.00000392. The minimum Gasteiger partial charge on any atom is -0.454 e. The third-order valence-electron chi connectivity index (χ3n) is 3.90. The molecule has 0 saturated carbocycles. The van der Waals surface area contributed by atoms with Crippen LogP contribution < -0.4 is 20.1 Å². The molecule has 0 radical (unpaired) electrons. The number of ether oxygens (including phenoxy) is 2. The third-order valence-corrected chi connectivity index (χ3v) is 3.90. The summed E-state index contributed by atoms with van der Waals surface area (Å²) in [5.74, 6) is 2.19. The molecule has 1 heterocycles. The molecule has 0 saturated heterocycles. The van der Waals surface area contributed by atoms with Gasteiger partial charge in [0.2, 0.25) is 6.79 Å². The molecule has 0 spiro atoms. The van der Waals surface area contributed by atoms with Crippen molar-refractivity contribution in [1.29, 1.82) is 0 Å². The number of halogens is 4. The molecule has 28 heavy (non-hydrogen) atoms. The standard InChI is InChI=1S/C18H27F3N4O2.HI/c1-3-22-17(23-8-4-10-25(2)12-18(19,20)21)24-9-7-14-5-6-15-16(11-14)27-13-26-15;/h5-6,11H,3-4,7-10,12-13H2,1-2H3,(H2,22,23,24);1H. The van der Waals surface area contributed by atoms with Crippen LogP contribution in [0.5, 0.6) is 11.5 Å². The summed E-state index contributed by atoms with van der Waals surface area (Å²) in [6.07, 6.45) is -2.82. The molecule has 0 aliphatic carbocycles. The highest BCUT2D eigenvalue weighted by Gasteiger charge is 2.28. The zero-order chi connectivity index (χ0) is 19.7. The van der Waals surface area contributed by atoms with E-state index in [9.17, 15) is 13.2 Å². The van der Waals surface area contributed by atoms with Crippen molar-refractivity contribution in [2.75, 3.05) is 46.6 Å². The summed E-state index contributed by atoms with van der Waals surface area (Å²) in [6.45, 7) is 3.52. The third kappa shape index (κ3) is 9.18. The quantitative estimate of drug-likeness (QED) is 0.229. The predicted molar refractivity (Wildman–Crippen MR) is 114 cm³/mol. The molecular formula is C18H28F3IN4O2. The van der Waals surface area contributed by atoms with Gasteiger partial charge in [-0.15, -0.1) is 24.0 Å². The molecule has 0 unspecified atom stereocenters. The number of alkyl halides is 3. The lowest BCUT2D eigenvalue weighted by molar-refractivity contribution is -0.143. The molecule has 0 bridgehead atoms. The lowest BCUT2D eigenvalue weighted by Gasteiger charge is -2.18. The molecule has 6 nitrogen and oxygen atoms in total. The average Bonchev–Trinajstić information content (AvgIpc) is 3.05. The van der Waals surface area contributed by atoms with Crippen LogP contribution in [0, 0.1) is 0 Å². The molecule has 2 rings (SSSR count). The fourth-order valence-electron chi connectivity index (χ4n) is 2.68. The van der Waals surface area contributed by atoms with Gasteiger partial charge in [0.25, 0.3) is 0 Å². The number of hydrogen-bond acceptors (Lipinski definition) is 4. The second-order valence-corrected chi connectivity index (χ2v) is 6.33. The molecular weight excluding hydrogens is 488 g/mol. The van der Waals surface area contributed by atoms with Crippen LogP contribution in [0.1, 0.15) is 18.9 Å². The van der Waals surface area contributed by atoms with Crippen molar-refractivity contribution < 1.29 is 22.6 Å². The maximum atomic E-state index is 12.3. The van der Waals surface area contributed by atoms with Gasteiger partial charge in [-0.25, -0.2) is 0 Å². The van der Waals surface area contributed by atoms with Gasteiger partial charge in [-0.05, 0) is 51.1 Å². The highest BCUT2D eigenvalue weighted by Crippen LogP contribution is 2.32. The van der Waals surface area contributed by atoms with Gasteiger partial charge in [-0.3, -0.25) is 9.89 Å². The van der Waals surface area contributed by atoms with Crippen molar-refractivity contribution in [2.24, 2.45) is 4.99 Å². The molecule has 0 fully saturated rings. The Kier molecular flexibility index (Phi) is 10.7. The van der Waals surface area contributed by atoms with Gasteiger partial charge >= 0.3 is 6.18 Å². The number of hydrogen-bond donors (Lipinski definition) is 2. The number of nitrogens with zero attached hydrogens (tertiary/aromatic N) is 2. The number of guanidine groups is 1. The monoisotopic (exact) mass is 516 g/mol. The minimum atomic E-state index is -4.16. The zero-order valence-electron chi connectivity index (χ0n) is 16.1. The molecule has 0 atom stereocenters. The number of fused-ring (bicyclic) bond motifs is 1. The molecule has 1 aliphatic heterocycles. The summed E-state index contributed by atoms with van der Waals surface area (Å²) < 4.78 is 47.5. The smallest absolute Gasteiger partial charge is 0.401 e. The van der Waals surface area contributed by atoms with Crippen LogP contribution >= 0.6 is 24.0 Å². The van der Waals surface area contributed by atoms with Crippen LogP contribution in [0.25, 0.3) is 0 Å². The Morgan fingerprint density at radius 3 is 2.68 bits per heavy atom. The number of aliphatic imine (C=N–C) groups is 1. The van der Waals surface area contributed by atoms with Gasteiger partial charge < -0.3 is 20.1 Å². The Morgan fingerprint density at radius 2 is 1.96 bits per heavy atom. The van der Waals surface area contributed by atoms with E-state index in [2.05, 4.69) is 15.6 Å². The average molecular weight is 516 g/mol. The van der Waals surface area contributed by atoms with Gasteiger partial charge in [-0.2, -0.15) is 13.2 Å². The Labute approximate surface area is 180 Å². The van der Waals surface area contributed by atoms with E-state index in [4.69, 9.17) is 9.47 Å². The number of rotatable bonds is 9. The Bertz CT molecular complexity index is 629. The predicted octanol–water partition coefficient (Wildman–Crippen LogP) is 3.02. The summed E-state index contributed by atoms with van der Waals surface area (Å²) in [4.78, 5) is 5.67. The normalized spacial score (nSPS) is 13.4. The first kappa shape index (κ1) is 24.6. The fraction of sp³-hybridized carbons (Fsp3) is 0.611. The lowest BCUT2D eigenvalue weighted by atomic mass is 10.1. The molecule has 0 amide bonds. The minimum absolute atomic E-state index is 0. The first-order chi connectivity index (χ1) is 12.9. The van der Waals surface area contributed by atoms with Crippen LogP contribution in [0.4, 0.5) is 13.2 Å². The largest absolute Gasteiger partial charge is 0.454 e. The van der Waals surface area contributed by atoms with Crippen molar-refractivity contribution >= 4 is 29.9 Å². The summed E-state index contributed by atoms with van der Waals surface area (Å²) in [5.41, 5.74) is 1.12. The van der Waals surface area contributed by atoms with Crippen molar-refractivity contribution in [2.45, 2.75) is 25.9 Å². The summed E-state index contributed by atoms with van der Waals surface area (Å²) in [7, 11) is 1.46.